The van der Waals surface area contributed by atoms with Crippen LogP contribution in [0.5, 0.6) is 11.5 Å². The fraction of sp³-hybridized carbons (Fsp3) is 0.412. The van der Waals surface area contributed by atoms with Crippen LogP contribution in [0, 0.1) is 5.82 Å². The number of hydrogen-bond donors (Lipinski definition) is 1. The molecule has 1 atom stereocenters. The van der Waals surface area contributed by atoms with Crippen molar-refractivity contribution in [3.05, 3.63) is 89.7 Å². The fourth-order valence-corrected chi connectivity index (χ4v) is 6.88. The lowest BCUT2D eigenvalue weighted by Gasteiger charge is -2.33. The average Bonchev–Trinajstić information content (AvgIpc) is 3.54. The molecule has 0 saturated heterocycles. The van der Waals surface area contributed by atoms with Gasteiger partial charge in [-0.15, -0.1) is 0 Å². The highest BCUT2D eigenvalue weighted by atomic mass is 32.2. The van der Waals surface area contributed by atoms with E-state index < -0.39 is 21.9 Å². The van der Waals surface area contributed by atoms with Gasteiger partial charge < -0.3 is 19.7 Å². The van der Waals surface area contributed by atoms with Gasteiger partial charge in [0.2, 0.25) is 21.8 Å². The molecule has 1 aliphatic heterocycles. The van der Waals surface area contributed by atoms with Crippen LogP contribution in [0.1, 0.15) is 49.7 Å². The second-order valence-corrected chi connectivity index (χ2v) is 13.5. The standard InChI is InChI=1S/C34H40FN3O6S/c1-45(41,42)38(28-17-18-31-32(23-28)44-21-20-43-31)19-9-16-33(39)37(24-26-12-5-8-15-29(26)35)30(22-25-10-3-2-4-11-25)34(40)36-27-13-6-7-14-27/h2-5,8,10-12,15,17-18,23,27,30H,6-7,9,13-14,16,19-22,24H2,1H3,(H,36,40)/t30-/m1/s1. The monoisotopic (exact) mass is 637 g/mol. The molecular formula is C34H40FN3O6S. The minimum Gasteiger partial charge on any atom is -0.486 e. The first-order valence-corrected chi connectivity index (χ1v) is 17.3. The number of benzene rings is 3. The molecule has 0 spiro atoms. The molecule has 2 aliphatic rings. The van der Waals surface area contributed by atoms with Crippen LogP contribution in [0.2, 0.25) is 0 Å². The maximum atomic E-state index is 14.9. The van der Waals surface area contributed by atoms with Gasteiger partial charge >= 0.3 is 0 Å². The molecule has 1 heterocycles. The lowest BCUT2D eigenvalue weighted by molar-refractivity contribution is -0.141. The topological polar surface area (TPSA) is 105 Å². The van der Waals surface area contributed by atoms with E-state index in [1.165, 1.54) is 15.3 Å². The van der Waals surface area contributed by atoms with Crippen molar-refractivity contribution in [3.8, 4) is 11.5 Å². The summed E-state index contributed by atoms with van der Waals surface area (Å²) < 4.78 is 53.0. The Bertz CT molecular complexity index is 1580. The van der Waals surface area contributed by atoms with E-state index in [2.05, 4.69) is 5.32 Å². The molecule has 1 N–H and O–H groups in total. The Morgan fingerprint density at radius 3 is 2.36 bits per heavy atom. The molecule has 0 bridgehead atoms. The van der Waals surface area contributed by atoms with Gasteiger partial charge in [-0.05, 0) is 43.0 Å². The third kappa shape index (κ3) is 8.54. The second-order valence-electron chi connectivity index (χ2n) is 11.6. The van der Waals surface area contributed by atoms with Crippen molar-refractivity contribution in [3.63, 3.8) is 0 Å². The Morgan fingerprint density at radius 1 is 0.956 bits per heavy atom. The Hall–Kier alpha value is -4.12. The number of amides is 2. The van der Waals surface area contributed by atoms with Gasteiger partial charge in [-0.1, -0.05) is 61.4 Å². The van der Waals surface area contributed by atoms with Crippen LogP contribution in [-0.4, -0.2) is 63.2 Å². The van der Waals surface area contributed by atoms with Crippen molar-refractivity contribution < 1.29 is 31.9 Å². The van der Waals surface area contributed by atoms with E-state index in [9.17, 15) is 22.4 Å². The van der Waals surface area contributed by atoms with Crippen LogP contribution in [0.25, 0.3) is 0 Å². The molecule has 11 heteroatoms. The fourth-order valence-electron chi connectivity index (χ4n) is 5.92. The molecule has 1 aliphatic carbocycles. The maximum Gasteiger partial charge on any atom is 0.243 e. The molecule has 240 valence electrons. The highest BCUT2D eigenvalue weighted by Crippen LogP contribution is 2.35. The van der Waals surface area contributed by atoms with Crippen molar-refractivity contribution in [1.29, 1.82) is 0 Å². The van der Waals surface area contributed by atoms with Crippen LogP contribution in [-0.2, 0) is 32.6 Å². The number of carbonyl (C=O) groups excluding carboxylic acids is 2. The maximum absolute atomic E-state index is 14.9. The summed E-state index contributed by atoms with van der Waals surface area (Å²) in [5.41, 5.74) is 1.57. The van der Waals surface area contributed by atoms with Crippen molar-refractivity contribution in [2.75, 3.05) is 30.3 Å². The summed E-state index contributed by atoms with van der Waals surface area (Å²) in [6.07, 6.45) is 5.33. The number of rotatable bonds is 13. The van der Waals surface area contributed by atoms with Gasteiger partial charge in [0.15, 0.2) is 11.5 Å². The largest absolute Gasteiger partial charge is 0.486 e. The van der Waals surface area contributed by atoms with Gasteiger partial charge in [-0.3, -0.25) is 13.9 Å². The number of nitrogens with zero attached hydrogens (tertiary/aromatic N) is 2. The number of hydrogen-bond acceptors (Lipinski definition) is 6. The molecule has 3 aromatic rings. The molecule has 1 saturated carbocycles. The van der Waals surface area contributed by atoms with Gasteiger partial charge in [0.25, 0.3) is 0 Å². The number of sulfonamides is 1. The summed E-state index contributed by atoms with van der Waals surface area (Å²) in [4.78, 5) is 29.3. The zero-order valence-electron chi connectivity index (χ0n) is 25.5. The van der Waals surface area contributed by atoms with E-state index in [1.807, 2.05) is 30.3 Å². The molecule has 45 heavy (non-hydrogen) atoms. The van der Waals surface area contributed by atoms with Crippen molar-refractivity contribution in [2.45, 2.75) is 63.6 Å². The molecule has 2 amide bonds. The van der Waals surface area contributed by atoms with Crippen LogP contribution >= 0.6 is 0 Å². The number of ether oxygens (including phenoxy) is 2. The third-order valence-electron chi connectivity index (χ3n) is 8.24. The smallest absolute Gasteiger partial charge is 0.243 e. The van der Waals surface area contributed by atoms with E-state index in [0.717, 1.165) is 37.5 Å². The van der Waals surface area contributed by atoms with Crippen LogP contribution in [0.3, 0.4) is 0 Å². The zero-order valence-corrected chi connectivity index (χ0v) is 26.3. The van der Waals surface area contributed by atoms with Crippen LogP contribution < -0.4 is 19.1 Å². The number of carbonyl (C=O) groups is 2. The second kappa shape index (κ2) is 14.8. The van der Waals surface area contributed by atoms with Gasteiger partial charge in [-0.25, -0.2) is 12.8 Å². The first-order valence-electron chi connectivity index (χ1n) is 15.4. The average molecular weight is 638 g/mol. The summed E-state index contributed by atoms with van der Waals surface area (Å²) in [5.74, 6) is -0.109. The lowest BCUT2D eigenvalue weighted by atomic mass is 10.0. The van der Waals surface area contributed by atoms with E-state index in [1.54, 1.807) is 36.4 Å². The summed E-state index contributed by atoms with van der Waals surface area (Å²) in [7, 11) is -3.70. The SMILES string of the molecule is CS(=O)(=O)N(CCCC(=O)N(Cc1ccccc1F)[C@H](Cc1ccccc1)C(=O)NC1CCCC1)c1ccc2c(c1)OCCO2. The number of halogens is 1. The number of anilines is 1. The molecule has 0 radical (unpaired) electrons. The van der Waals surface area contributed by atoms with Gasteiger partial charge in [-0.2, -0.15) is 0 Å². The lowest BCUT2D eigenvalue weighted by Crippen LogP contribution is -2.52. The van der Waals surface area contributed by atoms with E-state index in [0.29, 0.717) is 36.0 Å². The molecule has 3 aromatic carbocycles. The summed E-state index contributed by atoms with van der Waals surface area (Å²) in [6.45, 7) is 0.701. The normalized spacial score (nSPS) is 15.3. The van der Waals surface area contributed by atoms with Gasteiger partial charge in [0.1, 0.15) is 25.1 Å². The van der Waals surface area contributed by atoms with Gasteiger partial charge in [0.05, 0.1) is 11.9 Å². The Balaban J connectivity index is 1.38. The predicted molar refractivity (Wildman–Crippen MR) is 170 cm³/mol. The summed E-state index contributed by atoms with van der Waals surface area (Å²) >= 11 is 0. The highest BCUT2D eigenvalue weighted by Gasteiger charge is 2.33. The molecule has 0 aromatic heterocycles. The van der Waals surface area contributed by atoms with Crippen molar-refractivity contribution in [2.24, 2.45) is 0 Å². The highest BCUT2D eigenvalue weighted by molar-refractivity contribution is 7.92. The third-order valence-corrected chi connectivity index (χ3v) is 9.43. The first-order chi connectivity index (χ1) is 21.7. The van der Waals surface area contributed by atoms with Gasteiger partial charge in [0, 0.05) is 43.6 Å². The minimum atomic E-state index is -3.70. The Kier molecular flexibility index (Phi) is 10.6. The van der Waals surface area contributed by atoms with E-state index in [-0.39, 0.29) is 50.2 Å². The van der Waals surface area contributed by atoms with Crippen molar-refractivity contribution >= 4 is 27.5 Å². The van der Waals surface area contributed by atoms with Crippen LogP contribution in [0.15, 0.2) is 72.8 Å². The Labute approximate surface area is 264 Å². The Morgan fingerprint density at radius 2 is 1.64 bits per heavy atom. The quantitative estimate of drug-likeness (QED) is 0.288. The molecule has 5 rings (SSSR count). The molecular weight excluding hydrogens is 597 g/mol. The number of nitrogens with one attached hydrogen (secondary N) is 1. The van der Waals surface area contributed by atoms with Crippen molar-refractivity contribution in [1.82, 2.24) is 10.2 Å². The van der Waals surface area contributed by atoms with E-state index in [4.69, 9.17) is 9.47 Å². The summed E-state index contributed by atoms with van der Waals surface area (Å²) in [6, 6.07) is 19.7. The van der Waals surface area contributed by atoms with Crippen LogP contribution in [0.4, 0.5) is 10.1 Å². The minimum absolute atomic E-state index is 0.0232. The molecule has 9 nitrogen and oxygen atoms in total. The molecule has 1 fully saturated rings. The molecule has 0 unspecified atom stereocenters. The number of fused-ring (bicyclic) bond motifs is 1. The summed E-state index contributed by atoms with van der Waals surface area (Å²) in [5, 5.41) is 3.14. The van der Waals surface area contributed by atoms with E-state index >= 15 is 0 Å². The zero-order chi connectivity index (χ0) is 31.8. The first kappa shape index (κ1) is 32.3. The predicted octanol–water partition coefficient (Wildman–Crippen LogP) is 4.84.